The lowest BCUT2D eigenvalue weighted by Crippen LogP contribution is -2.50. The third-order valence-electron chi connectivity index (χ3n) is 5.70. The van der Waals surface area contributed by atoms with E-state index in [1.165, 1.54) is 26.2 Å². The number of hydrogen-bond donors (Lipinski definition) is 2. The number of hydrogen-bond acceptors (Lipinski definition) is 5. The summed E-state index contributed by atoms with van der Waals surface area (Å²) in [5, 5.41) is 3.13. The van der Waals surface area contributed by atoms with Gasteiger partial charge in [-0.25, -0.2) is 14.5 Å². The SMILES string of the molecule is CCCCCN(C(=O)N(C)C(=O)NC(=O)c1cc2ccccc2[nH]1)c1c(OC)cc(C)cc1OC. The summed E-state index contributed by atoms with van der Waals surface area (Å²) in [6.45, 7) is 4.30. The first kappa shape index (κ1) is 25.6. The Kier molecular flexibility index (Phi) is 8.35. The summed E-state index contributed by atoms with van der Waals surface area (Å²) in [6, 6.07) is 11.2. The highest BCUT2D eigenvalue weighted by Crippen LogP contribution is 2.39. The Balaban J connectivity index is 1.85. The van der Waals surface area contributed by atoms with E-state index in [2.05, 4.69) is 17.2 Å². The van der Waals surface area contributed by atoms with Gasteiger partial charge in [-0.05, 0) is 43.2 Å². The van der Waals surface area contributed by atoms with Crippen LogP contribution in [0.4, 0.5) is 15.3 Å². The fourth-order valence-corrected chi connectivity index (χ4v) is 3.83. The zero-order valence-electron chi connectivity index (χ0n) is 20.8. The normalized spacial score (nSPS) is 10.7. The number of ether oxygens (including phenoxy) is 2. The molecule has 0 fully saturated rings. The van der Waals surface area contributed by atoms with Gasteiger partial charge in [0.1, 0.15) is 22.9 Å². The molecule has 0 bridgehead atoms. The number of imide groups is 2. The highest BCUT2D eigenvalue weighted by atomic mass is 16.5. The van der Waals surface area contributed by atoms with Gasteiger partial charge in [-0.1, -0.05) is 38.0 Å². The third-order valence-corrected chi connectivity index (χ3v) is 5.70. The van der Waals surface area contributed by atoms with E-state index >= 15 is 0 Å². The summed E-state index contributed by atoms with van der Waals surface area (Å²) in [5.74, 6) is 0.276. The van der Waals surface area contributed by atoms with Crippen LogP contribution in [0, 0.1) is 6.92 Å². The molecule has 2 aromatic carbocycles. The van der Waals surface area contributed by atoms with E-state index in [4.69, 9.17) is 9.47 Å². The third kappa shape index (κ3) is 5.74. The maximum absolute atomic E-state index is 13.5. The van der Waals surface area contributed by atoms with E-state index in [9.17, 15) is 14.4 Å². The standard InChI is InChI=1S/C26H32N4O5/c1-6-7-10-13-30(23-21(34-4)14-17(2)15-22(23)35-5)26(33)29(3)25(32)28-24(31)20-16-18-11-8-9-12-19(18)27-20/h8-9,11-12,14-16,27H,6-7,10,13H2,1-5H3,(H,28,31,32). The number of nitrogens with one attached hydrogen (secondary N) is 2. The van der Waals surface area contributed by atoms with Crippen LogP contribution in [0.5, 0.6) is 11.5 Å². The molecule has 9 heteroatoms. The molecule has 0 saturated carbocycles. The summed E-state index contributed by atoms with van der Waals surface area (Å²) in [7, 11) is 4.36. The minimum atomic E-state index is -0.843. The molecule has 0 saturated heterocycles. The van der Waals surface area contributed by atoms with Crippen LogP contribution in [-0.2, 0) is 0 Å². The van der Waals surface area contributed by atoms with Crippen molar-refractivity contribution >= 4 is 34.6 Å². The van der Waals surface area contributed by atoms with Crippen LogP contribution in [0.25, 0.3) is 10.9 Å². The lowest BCUT2D eigenvalue weighted by atomic mass is 10.1. The largest absolute Gasteiger partial charge is 0.494 e. The van der Waals surface area contributed by atoms with Crippen molar-refractivity contribution in [2.75, 3.05) is 32.7 Å². The molecule has 186 valence electrons. The van der Waals surface area contributed by atoms with Gasteiger partial charge in [0.2, 0.25) is 0 Å². The smallest absolute Gasteiger partial charge is 0.332 e. The van der Waals surface area contributed by atoms with Crippen molar-refractivity contribution in [3.05, 3.63) is 53.7 Å². The number of unbranched alkanes of at least 4 members (excludes halogenated alkanes) is 2. The number of para-hydroxylation sites is 1. The maximum atomic E-state index is 13.5. The Morgan fingerprint density at radius 3 is 2.26 bits per heavy atom. The second kappa shape index (κ2) is 11.4. The van der Waals surface area contributed by atoms with Crippen molar-refractivity contribution < 1.29 is 23.9 Å². The number of amides is 5. The van der Waals surface area contributed by atoms with Crippen molar-refractivity contribution in [2.24, 2.45) is 0 Å². The van der Waals surface area contributed by atoms with E-state index < -0.39 is 18.0 Å². The van der Waals surface area contributed by atoms with Crippen molar-refractivity contribution in [3.63, 3.8) is 0 Å². The van der Waals surface area contributed by atoms with Crippen LogP contribution in [0.15, 0.2) is 42.5 Å². The number of urea groups is 2. The first-order chi connectivity index (χ1) is 16.8. The van der Waals surface area contributed by atoms with Crippen LogP contribution < -0.4 is 19.7 Å². The molecule has 0 aliphatic carbocycles. The number of benzene rings is 2. The van der Waals surface area contributed by atoms with Gasteiger partial charge in [-0.2, -0.15) is 0 Å². The number of anilines is 1. The van der Waals surface area contributed by atoms with E-state index in [0.29, 0.717) is 30.2 Å². The Bertz CT molecular complexity index is 1160. The number of rotatable bonds is 8. The minimum Gasteiger partial charge on any atom is -0.494 e. The quantitative estimate of drug-likeness (QED) is 0.437. The second-order valence-electron chi connectivity index (χ2n) is 8.25. The summed E-state index contributed by atoms with van der Waals surface area (Å²) >= 11 is 0. The molecule has 5 amide bonds. The van der Waals surface area contributed by atoms with E-state index in [1.807, 2.05) is 31.2 Å². The van der Waals surface area contributed by atoms with Crippen LogP contribution in [0.1, 0.15) is 42.2 Å². The lowest BCUT2D eigenvalue weighted by Gasteiger charge is -2.29. The Hall–Kier alpha value is -4.01. The molecule has 1 heterocycles. The molecule has 9 nitrogen and oxygen atoms in total. The summed E-state index contributed by atoms with van der Waals surface area (Å²) in [4.78, 5) is 44.4. The number of carbonyl (C=O) groups excluding carboxylic acids is 3. The fourth-order valence-electron chi connectivity index (χ4n) is 3.83. The number of carbonyl (C=O) groups is 3. The molecule has 1 aromatic heterocycles. The molecular weight excluding hydrogens is 448 g/mol. The Labute approximate surface area is 205 Å². The van der Waals surface area contributed by atoms with Gasteiger partial charge < -0.3 is 14.5 Å². The number of aryl methyl sites for hydroxylation is 1. The van der Waals surface area contributed by atoms with E-state index in [0.717, 1.165) is 34.2 Å². The van der Waals surface area contributed by atoms with Gasteiger partial charge in [0.05, 0.1) is 14.2 Å². The number of nitrogens with zero attached hydrogens (tertiary/aromatic N) is 2. The van der Waals surface area contributed by atoms with Crippen molar-refractivity contribution in [3.8, 4) is 11.5 Å². The van der Waals surface area contributed by atoms with Crippen LogP contribution in [-0.4, -0.2) is 55.7 Å². The van der Waals surface area contributed by atoms with E-state index in [-0.39, 0.29) is 5.69 Å². The van der Waals surface area contributed by atoms with Crippen LogP contribution in [0.3, 0.4) is 0 Å². The maximum Gasteiger partial charge on any atom is 0.332 e. The number of methoxy groups -OCH3 is 2. The van der Waals surface area contributed by atoms with Crippen LogP contribution in [0.2, 0.25) is 0 Å². The zero-order valence-corrected chi connectivity index (χ0v) is 20.8. The monoisotopic (exact) mass is 480 g/mol. The molecule has 3 rings (SSSR count). The predicted molar refractivity (Wildman–Crippen MR) is 135 cm³/mol. The second-order valence-corrected chi connectivity index (χ2v) is 8.25. The average Bonchev–Trinajstić information content (AvgIpc) is 3.30. The topological polar surface area (TPSA) is 104 Å². The Morgan fingerprint density at radius 1 is 1.00 bits per heavy atom. The molecule has 0 spiro atoms. The van der Waals surface area contributed by atoms with Gasteiger partial charge in [0, 0.05) is 24.5 Å². The van der Waals surface area contributed by atoms with Crippen molar-refractivity contribution in [2.45, 2.75) is 33.1 Å². The average molecular weight is 481 g/mol. The van der Waals surface area contributed by atoms with Gasteiger partial charge >= 0.3 is 12.1 Å². The van der Waals surface area contributed by atoms with Gasteiger partial charge in [0.25, 0.3) is 5.91 Å². The van der Waals surface area contributed by atoms with Crippen molar-refractivity contribution in [1.82, 2.24) is 15.2 Å². The highest BCUT2D eigenvalue weighted by Gasteiger charge is 2.30. The minimum absolute atomic E-state index is 0.224. The van der Waals surface area contributed by atoms with E-state index in [1.54, 1.807) is 18.2 Å². The lowest BCUT2D eigenvalue weighted by molar-refractivity contribution is 0.0953. The molecule has 0 aliphatic heterocycles. The number of H-pyrrole nitrogens is 1. The predicted octanol–water partition coefficient (Wildman–Crippen LogP) is 5.09. The number of aromatic amines is 1. The summed E-state index contributed by atoms with van der Waals surface area (Å²) in [6.07, 6.45) is 2.57. The first-order valence-corrected chi connectivity index (χ1v) is 11.5. The molecule has 0 radical (unpaired) electrons. The molecule has 0 aliphatic rings. The molecule has 0 unspecified atom stereocenters. The number of fused-ring (bicyclic) bond motifs is 1. The molecular formula is C26H32N4O5. The first-order valence-electron chi connectivity index (χ1n) is 11.5. The van der Waals surface area contributed by atoms with Crippen LogP contribution >= 0.6 is 0 Å². The van der Waals surface area contributed by atoms with Gasteiger partial charge in [-0.3, -0.25) is 15.0 Å². The van der Waals surface area contributed by atoms with Gasteiger partial charge in [0.15, 0.2) is 0 Å². The molecule has 0 atom stereocenters. The zero-order chi connectivity index (χ0) is 25.5. The summed E-state index contributed by atoms with van der Waals surface area (Å²) in [5.41, 5.74) is 2.33. The highest BCUT2D eigenvalue weighted by molar-refractivity contribution is 6.11. The fraction of sp³-hybridized carbons (Fsp3) is 0.346. The summed E-state index contributed by atoms with van der Waals surface area (Å²) < 4.78 is 11.1. The molecule has 3 aromatic rings. The van der Waals surface area contributed by atoms with Crippen molar-refractivity contribution in [1.29, 1.82) is 0 Å². The Morgan fingerprint density at radius 2 is 1.66 bits per heavy atom. The molecule has 2 N–H and O–H groups in total. The number of aromatic nitrogens is 1. The van der Waals surface area contributed by atoms with Gasteiger partial charge in [-0.15, -0.1) is 0 Å². The molecule has 35 heavy (non-hydrogen) atoms.